The summed E-state index contributed by atoms with van der Waals surface area (Å²) in [6.45, 7) is 2.62. The van der Waals surface area contributed by atoms with Gasteiger partial charge in [-0.05, 0) is 12.8 Å². The smallest absolute Gasteiger partial charge is 0.276 e. The fourth-order valence-corrected chi connectivity index (χ4v) is 2.33. The van der Waals surface area contributed by atoms with Crippen LogP contribution in [0.3, 0.4) is 0 Å². The molecule has 1 amide bonds. The van der Waals surface area contributed by atoms with Gasteiger partial charge in [-0.3, -0.25) is 4.79 Å². The van der Waals surface area contributed by atoms with Gasteiger partial charge in [-0.1, -0.05) is 17.2 Å². The summed E-state index contributed by atoms with van der Waals surface area (Å²) >= 11 is 0. The summed E-state index contributed by atoms with van der Waals surface area (Å²) in [7, 11) is 0. The molecule has 3 heterocycles. The number of hydrogen-bond acceptors (Lipinski definition) is 6. The molecule has 0 N–H and O–H groups in total. The maximum atomic E-state index is 12.4. The number of amides is 1. The van der Waals surface area contributed by atoms with E-state index in [0.29, 0.717) is 30.2 Å². The van der Waals surface area contributed by atoms with E-state index in [1.165, 1.54) is 6.39 Å². The van der Waals surface area contributed by atoms with Gasteiger partial charge in [0, 0.05) is 19.0 Å². The maximum Gasteiger partial charge on any atom is 0.276 e. The van der Waals surface area contributed by atoms with Crippen LogP contribution < -0.4 is 0 Å². The van der Waals surface area contributed by atoms with Gasteiger partial charge in [0.2, 0.25) is 6.39 Å². The number of hydrogen-bond donors (Lipinski definition) is 0. The lowest BCUT2D eigenvalue weighted by Gasteiger charge is -2.20. The molecular weight excluding hydrogens is 248 g/mol. The van der Waals surface area contributed by atoms with Crippen LogP contribution in [-0.2, 0) is 6.42 Å². The third kappa shape index (κ3) is 2.11. The summed E-state index contributed by atoms with van der Waals surface area (Å²) in [4.78, 5) is 18.2. The van der Waals surface area contributed by atoms with Crippen molar-refractivity contribution in [2.75, 3.05) is 6.54 Å². The molecule has 1 aliphatic heterocycles. The zero-order valence-corrected chi connectivity index (χ0v) is 10.6. The minimum Gasteiger partial charge on any atom is -0.361 e. The predicted octanol–water partition coefficient (Wildman–Crippen LogP) is 1.60. The Morgan fingerprint density at radius 3 is 3.11 bits per heavy atom. The van der Waals surface area contributed by atoms with Crippen molar-refractivity contribution in [2.24, 2.45) is 0 Å². The largest absolute Gasteiger partial charge is 0.361 e. The van der Waals surface area contributed by atoms with Crippen molar-refractivity contribution < 1.29 is 13.8 Å². The van der Waals surface area contributed by atoms with E-state index in [-0.39, 0.29) is 11.9 Å². The molecule has 1 saturated heterocycles. The van der Waals surface area contributed by atoms with E-state index in [2.05, 4.69) is 15.3 Å². The van der Waals surface area contributed by atoms with Crippen molar-refractivity contribution in [1.82, 2.24) is 20.2 Å². The average molecular weight is 262 g/mol. The van der Waals surface area contributed by atoms with Gasteiger partial charge in [-0.25, -0.2) is 0 Å². The second kappa shape index (κ2) is 4.83. The van der Waals surface area contributed by atoms with E-state index in [4.69, 9.17) is 9.05 Å². The molecule has 1 atom stereocenters. The van der Waals surface area contributed by atoms with E-state index in [0.717, 1.165) is 12.8 Å². The quantitative estimate of drug-likeness (QED) is 0.835. The summed E-state index contributed by atoms with van der Waals surface area (Å²) in [6, 6.07) is 1.56. The number of nitrogens with zero attached hydrogens (tertiary/aromatic N) is 4. The second-order valence-electron chi connectivity index (χ2n) is 4.48. The first-order valence-electron chi connectivity index (χ1n) is 6.32. The van der Waals surface area contributed by atoms with Crippen LogP contribution in [0, 0.1) is 0 Å². The summed E-state index contributed by atoms with van der Waals surface area (Å²) in [6.07, 6.45) is 3.75. The lowest BCUT2D eigenvalue weighted by atomic mass is 10.2. The van der Waals surface area contributed by atoms with Crippen molar-refractivity contribution in [2.45, 2.75) is 32.2 Å². The molecule has 1 aliphatic rings. The highest BCUT2D eigenvalue weighted by molar-refractivity contribution is 5.92. The molecule has 0 radical (unpaired) electrons. The first-order chi connectivity index (χ1) is 9.29. The Balaban J connectivity index is 1.82. The van der Waals surface area contributed by atoms with Crippen LogP contribution in [-0.4, -0.2) is 32.6 Å². The molecule has 0 spiro atoms. The number of carbonyl (C=O) groups excluding carboxylic acids is 1. The number of carbonyl (C=O) groups is 1. The molecule has 0 saturated carbocycles. The van der Waals surface area contributed by atoms with Crippen LogP contribution in [0.5, 0.6) is 0 Å². The molecule has 1 fully saturated rings. The van der Waals surface area contributed by atoms with Crippen LogP contribution in [0.15, 0.2) is 21.5 Å². The molecule has 19 heavy (non-hydrogen) atoms. The van der Waals surface area contributed by atoms with Crippen molar-refractivity contribution in [3.8, 4) is 0 Å². The highest BCUT2D eigenvalue weighted by Crippen LogP contribution is 2.30. The zero-order chi connectivity index (χ0) is 13.2. The summed E-state index contributed by atoms with van der Waals surface area (Å²) in [5.74, 6) is 1.11. The van der Waals surface area contributed by atoms with Gasteiger partial charge in [0.1, 0.15) is 5.76 Å². The van der Waals surface area contributed by atoms with Gasteiger partial charge in [0.05, 0.1) is 6.04 Å². The van der Waals surface area contributed by atoms with Gasteiger partial charge in [-0.15, -0.1) is 0 Å². The molecule has 0 aromatic carbocycles. The Labute approximate surface area is 109 Å². The van der Waals surface area contributed by atoms with Gasteiger partial charge in [-0.2, -0.15) is 4.98 Å². The van der Waals surface area contributed by atoms with Crippen molar-refractivity contribution in [3.63, 3.8) is 0 Å². The number of rotatable bonds is 3. The summed E-state index contributed by atoms with van der Waals surface area (Å²) in [5.41, 5.74) is 0.340. The first-order valence-corrected chi connectivity index (χ1v) is 6.32. The van der Waals surface area contributed by atoms with E-state index in [1.54, 1.807) is 11.0 Å². The van der Waals surface area contributed by atoms with E-state index >= 15 is 0 Å². The molecule has 100 valence electrons. The van der Waals surface area contributed by atoms with E-state index in [1.807, 2.05) is 6.92 Å². The highest BCUT2D eigenvalue weighted by Gasteiger charge is 2.34. The maximum absolute atomic E-state index is 12.4. The van der Waals surface area contributed by atoms with Crippen LogP contribution in [0.2, 0.25) is 0 Å². The minimum absolute atomic E-state index is 0.131. The Morgan fingerprint density at radius 2 is 2.42 bits per heavy atom. The summed E-state index contributed by atoms with van der Waals surface area (Å²) in [5, 5.41) is 7.64. The van der Waals surface area contributed by atoms with Crippen LogP contribution in [0.25, 0.3) is 0 Å². The third-order valence-electron chi connectivity index (χ3n) is 3.32. The SMILES string of the molecule is CCc1cc(C(=O)N2CCCC2c2ncon2)no1. The lowest BCUT2D eigenvalue weighted by Crippen LogP contribution is -2.31. The topological polar surface area (TPSA) is 85.3 Å². The monoisotopic (exact) mass is 262 g/mol. The van der Waals surface area contributed by atoms with E-state index in [9.17, 15) is 4.79 Å². The Kier molecular flexibility index (Phi) is 3.02. The zero-order valence-electron chi connectivity index (χ0n) is 10.6. The molecule has 2 aromatic rings. The molecule has 7 heteroatoms. The van der Waals surface area contributed by atoms with Crippen molar-refractivity contribution >= 4 is 5.91 Å². The molecule has 3 rings (SSSR count). The Bertz CT molecular complexity index is 563. The summed E-state index contributed by atoms with van der Waals surface area (Å²) < 4.78 is 9.82. The van der Waals surface area contributed by atoms with Crippen molar-refractivity contribution in [3.05, 3.63) is 29.7 Å². The third-order valence-corrected chi connectivity index (χ3v) is 3.32. The van der Waals surface area contributed by atoms with E-state index < -0.39 is 0 Å². The number of aromatic nitrogens is 3. The van der Waals surface area contributed by atoms with Gasteiger partial charge in [0.15, 0.2) is 11.5 Å². The fraction of sp³-hybridized carbons (Fsp3) is 0.500. The van der Waals surface area contributed by atoms with Gasteiger partial charge >= 0.3 is 0 Å². The highest BCUT2D eigenvalue weighted by atomic mass is 16.5. The van der Waals surface area contributed by atoms with Crippen molar-refractivity contribution in [1.29, 1.82) is 0 Å². The normalized spacial score (nSPS) is 19.0. The Morgan fingerprint density at radius 1 is 1.53 bits per heavy atom. The molecule has 0 bridgehead atoms. The molecular formula is C12H14N4O3. The minimum atomic E-state index is -0.143. The van der Waals surface area contributed by atoms with Crippen LogP contribution in [0.1, 0.15) is 47.9 Å². The number of aryl methyl sites for hydroxylation is 1. The Hall–Kier alpha value is -2.18. The molecule has 7 nitrogen and oxygen atoms in total. The predicted molar refractivity (Wildman–Crippen MR) is 63.2 cm³/mol. The van der Waals surface area contributed by atoms with Gasteiger partial charge < -0.3 is 13.9 Å². The van der Waals surface area contributed by atoms with Crippen LogP contribution >= 0.6 is 0 Å². The average Bonchev–Trinajstić information content (AvgIpc) is 3.16. The van der Waals surface area contributed by atoms with Gasteiger partial charge in [0.25, 0.3) is 5.91 Å². The lowest BCUT2D eigenvalue weighted by molar-refractivity contribution is 0.0717. The van der Waals surface area contributed by atoms with Crippen LogP contribution in [0.4, 0.5) is 0 Å². The fourth-order valence-electron chi connectivity index (χ4n) is 2.33. The standard InChI is InChI=1S/C12H14N4O3/c1-2-8-6-9(14-19-8)12(17)16-5-3-4-10(16)11-13-7-18-15-11/h6-7,10H,2-5H2,1H3. The first kappa shape index (κ1) is 11.9. The molecule has 2 aromatic heterocycles. The number of likely N-dealkylation sites (tertiary alicyclic amines) is 1. The second-order valence-corrected chi connectivity index (χ2v) is 4.48. The molecule has 1 unspecified atom stereocenters. The molecule has 0 aliphatic carbocycles.